The van der Waals surface area contributed by atoms with Crippen LogP contribution in [0.1, 0.15) is 17.6 Å². The van der Waals surface area contributed by atoms with Crippen LogP contribution in [0.4, 0.5) is 0 Å². The summed E-state index contributed by atoms with van der Waals surface area (Å²) >= 11 is 0. The zero-order chi connectivity index (χ0) is 11.8. The second-order valence-corrected chi connectivity index (χ2v) is 4.27. The summed E-state index contributed by atoms with van der Waals surface area (Å²) in [6.07, 6.45) is 1.78. The van der Waals surface area contributed by atoms with Gasteiger partial charge in [0.15, 0.2) is 0 Å². The molecule has 0 radical (unpaired) electrons. The zero-order valence-corrected chi connectivity index (χ0v) is 9.27. The highest BCUT2D eigenvalue weighted by Crippen LogP contribution is 2.12. The van der Waals surface area contributed by atoms with Crippen LogP contribution in [0.2, 0.25) is 0 Å². The number of carbonyl (C=O) groups is 1. The molecule has 1 fully saturated rings. The number of H-pyrrole nitrogens is 1. The molecule has 88 valence electrons. The van der Waals surface area contributed by atoms with Crippen molar-refractivity contribution in [3.8, 4) is 0 Å². The van der Waals surface area contributed by atoms with Crippen LogP contribution in [-0.4, -0.2) is 28.0 Å². The van der Waals surface area contributed by atoms with E-state index < -0.39 is 0 Å². The largest absolute Gasteiger partial charge is 0.333 e. The number of rotatable bonds is 1. The van der Waals surface area contributed by atoms with Gasteiger partial charge in [0, 0.05) is 0 Å². The van der Waals surface area contributed by atoms with Gasteiger partial charge in [0.2, 0.25) is 0 Å². The number of carbonyl (C=O) groups excluding carboxylic acids is 1. The van der Waals surface area contributed by atoms with Crippen molar-refractivity contribution in [3.63, 3.8) is 0 Å². The molecule has 0 spiro atoms. The quantitative estimate of drug-likeness (QED) is 0.760. The number of imidazole rings is 1. The third kappa shape index (κ3) is 1.59. The summed E-state index contributed by atoms with van der Waals surface area (Å²) < 4.78 is 1.23. The standard InChI is InChI=1S/C12H13N3O2/c16-11(9-5-3-7-13-9)15-10-6-2-1-4-8(10)14-12(15)17/h1-2,4,6,9,13H,3,5,7H2,(H,14,17). The topological polar surface area (TPSA) is 66.9 Å². The van der Waals surface area contributed by atoms with Crippen molar-refractivity contribution in [1.82, 2.24) is 14.9 Å². The number of para-hydroxylation sites is 2. The van der Waals surface area contributed by atoms with Gasteiger partial charge in [-0.2, -0.15) is 0 Å². The lowest BCUT2D eigenvalue weighted by Crippen LogP contribution is -2.39. The fourth-order valence-electron chi connectivity index (χ4n) is 2.32. The van der Waals surface area contributed by atoms with Gasteiger partial charge in [-0.3, -0.25) is 4.79 Å². The summed E-state index contributed by atoms with van der Waals surface area (Å²) in [4.78, 5) is 26.7. The average Bonchev–Trinajstić information content (AvgIpc) is 2.94. The minimum absolute atomic E-state index is 0.162. The summed E-state index contributed by atoms with van der Waals surface area (Å²) in [5.41, 5.74) is 0.991. The average molecular weight is 231 g/mol. The molecule has 1 aliphatic rings. The van der Waals surface area contributed by atoms with Crippen LogP contribution >= 0.6 is 0 Å². The predicted octanol–water partition coefficient (Wildman–Crippen LogP) is 0.722. The molecule has 0 saturated carbocycles. The van der Waals surface area contributed by atoms with Crippen molar-refractivity contribution >= 4 is 16.9 Å². The van der Waals surface area contributed by atoms with Gasteiger partial charge in [-0.25, -0.2) is 9.36 Å². The highest BCUT2D eigenvalue weighted by atomic mass is 16.2. The normalized spacial score (nSPS) is 19.9. The number of hydrogen-bond donors (Lipinski definition) is 2. The van der Waals surface area contributed by atoms with Crippen molar-refractivity contribution in [2.24, 2.45) is 0 Å². The molecule has 17 heavy (non-hydrogen) atoms. The summed E-state index contributed by atoms with van der Waals surface area (Å²) in [6, 6.07) is 7.00. The van der Waals surface area contributed by atoms with Crippen molar-refractivity contribution in [2.75, 3.05) is 6.54 Å². The Kier molecular flexibility index (Phi) is 2.33. The lowest BCUT2D eigenvalue weighted by atomic mass is 10.2. The lowest BCUT2D eigenvalue weighted by molar-refractivity contribution is 0.0871. The molecule has 0 bridgehead atoms. The Labute approximate surface area is 97.4 Å². The van der Waals surface area contributed by atoms with Crippen molar-refractivity contribution < 1.29 is 4.79 Å². The summed E-state index contributed by atoms with van der Waals surface area (Å²) in [5, 5.41) is 3.11. The molecule has 1 atom stereocenters. The van der Waals surface area contributed by atoms with E-state index in [2.05, 4.69) is 10.3 Å². The Hall–Kier alpha value is -1.88. The zero-order valence-electron chi connectivity index (χ0n) is 9.27. The molecule has 1 saturated heterocycles. The van der Waals surface area contributed by atoms with Crippen molar-refractivity contribution in [2.45, 2.75) is 18.9 Å². The van der Waals surface area contributed by atoms with Crippen molar-refractivity contribution in [3.05, 3.63) is 34.7 Å². The van der Waals surface area contributed by atoms with Gasteiger partial charge in [0.25, 0.3) is 5.91 Å². The Balaban J connectivity index is 2.13. The van der Waals surface area contributed by atoms with E-state index >= 15 is 0 Å². The third-order valence-electron chi connectivity index (χ3n) is 3.17. The molecule has 0 amide bonds. The fourth-order valence-corrected chi connectivity index (χ4v) is 2.32. The molecule has 1 aliphatic heterocycles. The molecule has 0 aliphatic carbocycles. The van der Waals surface area contributed by atoms with Crippen LogP contribution < -0.4 is 11.0 Å². The molecule has 2 heterocycles. The number of hydrogen-bond acceptors (Lipinski definition) is 3. The number of aromatic amines is 1. The van der Waals surface area contributed by atoms with E-state index in [4.69, 9.17) is 0 Å². The molecule has 5 heteroatoms. The van der Waals surface area contributed by atoms with Crippen LogP contribution in [0.15, 0.2) is 29.1 Å². The van der Waals surface area contributed by atoms with Gasteiger partial charge in [0.05, 0.1) is 17.1 Å². The van der Waals surface area contributed by atoms with Gasteiger partial charge in [-0.15, -0.1) is 0 Å². The highest BCUT2D eigenvalue weighted by molar-refractivity contribution is 5.93. The van der Waals surface area contributed by atoms with Crippen LogP contribution in [0, 0.1) is 0 Å². The summed E-state index contributed by atoms with van der Waals surface area (Å²) in [7, 11) is 0. The maximum Gasteiger partial charge on any atom is 0.333 e. The highest BCUT2D eigenvalue weighted by Gasteiger charge is 2.25. The number of nitrogens with zero attached hydrogens (tertiary/aromatic N) is 1. The first-order valence-corrected chi connectivity index (χ1v) is 5.75. The van der Waals surface area contributed by atoms with Crippen LogP contribution in [0.5, 0.6) is 0 Å². The molecule has 5 nitrogen and oxygen atoms in total. The van der Waals surface area contributed by atoms with E-state index in [1.807, 2.05) is 12.1 Å². The third-order valence-corrected chi connectivity index (χ3v) is 3.17. The maximum atomic E-state index is 12.2. The fraction of sp³-hybridized carbons (Fsp3) is 0.333. The van der Waals surface area contributed by atoms with Crippen LogP contribution in [0.25, 0.3) is 11.0 Å². The lowest BCUT2D eigenvalue weighted by Gasteiger charge is -2.09. The van der Waals surface area contributed by atoms with Gasteiger partial charge in [0.1, 0.15) is 0 Å². The minimum Gasteiger partial charge on any atom is -0.306 e. The first-order valence-electron chi connectivity index (χ1n) is 5.75. The number of aromatic nitrogens is 2. The Morgan fingerprint density at radius 2 is 2.18 bits per heavy atom. The predicted molar refractivity (Wildman–Crippen MR) is 64.2 cm³/mol. The first-order chi connectivity index (χ1) is 8.27. The molecule has 1 unspecified atom stereocenters. The second kappa shape index (κ2) is 3.85. The number of nitrogens with one attached hydrogen (secondary N) is 2. The van der Waals surface area contributed by atoms with Gasteiger partial charge in [-0.1, -0.05) is 12.1 Å². The van der Waals surface area contributed by atoms with Gasteiger partial charge >= 0.3 is 5.69 Å². The van der Waals surface area contributed by atoms with Gasteiger partial charge < -0.3 is 10.3 Å². The van der Waals surface area contributed by atoms with Crippen LogP contribution in [0.3, 0.4) is 0 Å². The SMILES string of the molecule is O=C(C1CCCN1)n1c(=O)[nH]c2ccccc21. The Morgan fingerprint density at radius 1 is 1.35 bits per heavy atom. The molecule has 2 aromatic rings. The molecule has 2 N–H and O–H groups in total. The van der Waals surface area contributed by atoms with E-state index in [-0.39, 0.29) is 17.6 Å². The summed E-state index contributed by atoms with van der Waals surface area (Å²) in [6.45, 7) is 0.841. The number of fused-ring (bicyclic) bond motifs is 1. The maximum absolute atomic E-state index is 12.2. The van der Waals surface area contributed by atoms with E-state index in [0.29, 0.717) is 11.0 Å². The first kappa shape index (κ1) is 10.3. The smallest absolute Gasteiger partial charge is 0.306 e. The minimum atomic E-state index is -0.357. The van der Waals surface area contributed by atoms with E-state index in [9.17, 15) is 9.59 Å². The van der Waals surface area contributed by atoms with E-state index in [1.54, 1.807) is 12.1 Å². The summed E-state index contributed by atoms with van der Waals surface area (Å²) in [5.74, 6) is -0.162. The monoisotopic (exact) mass is 231 g/mol. The second-order valence-electron chi connectivity index (χ2n) is 4.27. The van der Waals surface area contributed by atoms with Gasteiger partial charge in [-0.05, 0) is 31.5 Å². The molecular weight excluding hydrogens is 218 g/mol. The van der Waals surface area contributed by atoms with Crippen molar-refractivity contribution in [1.29, 1.82) is 0 Å². The van der Waals surface area contributed by atoms with E-state index in [1.165, 1.54) is 4.57 Å². The molecule has 1 aromatic heterocycles. The van der Waals surface area contributed by atoms with Crippen LogP contribution in [-0.2, 0) is 0 Å². The number of benzene rings is 1. The Morgan fingerprint density at radius 3 is 2.94 bits per heavy atom. The Bertz CT molecular complexity index is 620. The van der Waals surface area contributed by atoms with E-state index in [0.717, 1.165) is 19.4 Å². The molecule has 3 rings (SSSR count). The molecular formula is C12H13N3O2. The molecule has 1 aromatic carbocycles.